The molecule has 1 amide bonds. The molecule has 0 bridgehead atoms. The normalized spacial score (nSPS) is 22.1. The fourth-order valence-corrected chi connectivity index (χ4v) is 3.76. The van der Waals surface area contributed by atoms with Gasteiger partial charge in [-0.2, -0.15) is 0 Å². The van der Waals surface area contributed by atoms with Gasteiger partial charge >= 0.3 is 5.97 Å². The van der Waals surface area contributed by atoms with Crippen molar-refractivity contribution in [1.82, 2.24) is 0 Å². The van der Waals surface area contributed by atoms with Gasteiger partial charge in [-0.25, -0.2) is 4.79 Å². The number of rotatable bonds is 3. The van der Waals surface area contributed by atoms with Crippen LogP contribution < -0.4 is 16.4 Å². The summed E-state index contributed by atoms with van der Waals surface area (Å²) in [5.74, 6) is -0.00936. The van der Waals surface area contributed by atoms with Crippen molar-refractivity contribution in [2.45, 2.75) is 20.3 Å². The highest BCUT2D eigenvalue weighted by Crippen LogP contribution is 2.40. The van der Waals surface area contributed by atoms with E-state index < -0.39 is 11.9 Å². The van der Waals surface area contributed by atoms with Crippen LogP contribution in [-0.4, -0.2) is 32.1 Å². The van der Waals surface area contributed by atoms with Crippen molar-refractivity contribution < 1.29 is 14.3 Å². The van der Waals surface area contributed by atoms with Crippen molar-refractivity contribution in [3.05, 3.63) is 10.4 Å². The summed E-state index contributed by atoms with van der Waals surface area (Å²) < 4.78 is 4.71. The second-order valence-corrected chi connectivity index (χ2v) is 6.57. The van der Waals surface area contributed by atoms with Crippen LogP contribution in [0.15, 0.2) is 0 Å². The summed E-state index contributed by atoms with van der Waals surface area (Å²) in [4.78, 5) is 25.8. The molecular weight excluding hydrogens is 290 g/mol. The number of piperidine rings is 1. The topological polar surface area (TPSA) is 98.6 Å². The Kier molecular flexibility index (Phi) is 4.41. The number of anilines is 2. The Hall–Kier alpha value is -1.76. The molecule has 1 aliphatic rings. The monoisotopic (exact) mass is 311 g/mol. The van der Waals surface area contributed by atoms with E-state index in [0.29, 0.717) is 16.8 Å². The molecule has 0 aromatic carbocycles. The average molecular weight is 311 g/mol. The lowest BCUT2D eigenvalue weighted by Gasteiger charge is -2.36. The van der Waals surface area contributed by atoms with Crippen LogP contribution in [-0.2, 0) is 4.74 Å². The number of carbonyl (C=O) groups excluding carboxylic acids is 2. The van der Waals surface area contributed by atoms with Gasteiger partial charge in [0.1, 0.15) is 9.88 Å². The van der Waals surface area contributed by atoms with Crippen molar-refractivity contribution >= 4 is 33.9 Å². The maximum Gasteiger partial charge on any atom is 0.350 e. The molecule has 0 radical (unpaired) electrons. The van der Waals surface area contributed by atoms with Gasteiger partial charge in [0.25, 0.3) is 5.91 Å². The van der Waals surface area contributed by atoms with Crippen LogP contribution in [0.25, 0.3) is 0 Å². The summed E-state index contributed by atoms with van der Waals surface area (Å²) in [6, 6.07) is 0. The van der Waals surface area contributed by atoms with Gasteiger partial charge in [-0.05, 0) is 18.3 Å². The number of thiophene rings is 1. The highest BCUT2D eigenvalue weighted by molar-refractivity contribution is 7.19. The summed E-state index contributed by atoms with van der Waals surface area (Å²) in [5, 5.41) is 0.680. The van der Waals surface area contributed by atoms with Crippen LogP contribution in [0.5, 0.6) is 0 Å². The Bertz CT molecular complexity index is 570. The SMILES string of the molecule is COC(=O)c1sc(N2CCC(C)C(C)C2)c(C(N)=O)c1N. The third-order valence-corrected chi connectivity index (χ3v) is 5.41. The first-order chi connectivity index (χ1) is 9.86. The van der Waals surface area contributed by atoms with E-state index in [2.05, 4.69) is 18.7 Å². The van der Waals surface area contributed by atoms with Crippen molar-refractivity contribution in [3.63, 3.8) is 0 Å². The quantitative estimate of drug-likeness (QED) is 0.828. The molecule has 0 saturated carbocycles. The molecule has 1 aromatic heterocycles. The third kappa shape index (κ3) is 2.83. The van der Waals surface area contributed by atoms with Gasteiger partial charge in [0.05, 0.1) is 18.4 Å². The second kappa shape index (κ2) is 5.93. The van der Waals surface area contributed by atoms with E-state index in [1.54, 1.807) is 0 Å². The van der Waals surface area contributed by atoms with Crippen molar-refractivity contribution in [2.75, 3.05) is 30.8 Å². The van der Waals surface area contributed by atoms with Crippen LogP contribution in [0.3, 0.4) is 0 Å². The first kappa shape index (κ1) is 15.6. The number of hydrogen-bond acceptors (Lipinski definition) is 6. The molecule has 1 aliphatic heterocycles. The molecule has 21 heavy (non-hydrogen) atoms. The lowest BCUT2D eigenvalue weighted by atomic mass is 9.89. The van der Waals surface area contributed by atoms with Crippen LogP contribution in [0.1, 0.15) is 40.3 Å². The van der Waals surface area contributed by atoms with E-state index in [1.165, 1.54) is 18.4 Å². The molecule has 6 nitrogen and oxygen atoms in total. The van der Waals surface area contributed by atoms with Gasteiger partial charge in [0.15, 0.2) is 0 Å². The zero-order chi connectivity index (χ0) is 15.7. The number of nitrogens with two attached hydrogens (primary N) is 2. The first-order valence-electron chi connectivity index (χ1n) is 6.92. The van der Waals surface area contributed by atoms with Gasteiger partial charge < -0.3 is 21.1 Å². The van der Waals surface area contributed by atoms with Crippen LogP contribution in [0, 0.1) is 11.8 Å². The Labute approximate surface area is 128 Å². The number of methoxy groups -OCH3 is 1. The van der Waals surface area contributed by atoms with E-state index in [-0.39, 0.29) is 16.1 Å². The van der Waals surface area contributed by atoms with E-state index in [9.17, 15) is 9.59 Å². The number of nitrogens with zero attached hydrogens (tertiary/aromatic N) is 1. The average Bonchev–Trinajstić information content (AvgIpc) is 2.78. The van der Waals surface area contributed by atoms with Crippen LogP contribution in [0.2, 0.25) is 0 Å². The largest absolute Gasteiger partial charge is 0.465 e. The molecule has 1 saturated heterocycles. The molecule has 0 aliphatic carbocycles. The molecule has 2 rings (SSSR count). The second-order valence-electron chi connectivity index (χ2n) is 5.57. The molecule has 1 aromatic rings. The molecule has 0 spiro atoms. The summed E-state index contributed by atoms with van der Waals surface area (Å²) >= 11 is 1.18. The van der Waals surface area contributed by atoms with Crippen LogP contribution >= 0.6 is 11.3 Å². The Morgan fingerprint density at radius 2 is 2.00 bits per heavy atom. The standard InChI is InChI=1S/C14H21N3O3S/c1-7-4-5-17(6-8(7)2)13-9(12(16)18)10(15)11(21-13)14(19)20-3/h7-8H,4-6,15H2,1-3H3,(H2,16,18). The van der Waals surface area contributed by atoms with E-state index in [0.717, 1.165) is 19.5 Å². The summed E-state index contributed by atoms with van der Waals surface area (Å²) in [7, 11) is 1.29. The molecule has 2 atom stereocenters. The maximum absolute atomic E-state index is 11.8. The zero-order valence-corrected chi connectivity index (χ0v) is 13.3. The lowest BCUT2D eigenvalue weighted by molar-refractivity contribution is 0.0607. The molecule has 2 unspecified atom stereocenters. The molecular formula is C14H21N3O3S. The van der Waals surface area contributed by atoms with Gasteiger partial charge in [0, 0.05) is 13.1 Å². The number of amides is 1. The molecule has 7 heteroatoms. The van der Waals surface area contributed by atoms with Gasteiger partial charge in [0.2, 0.25) is 0 Å². The summed E-state index contributed by atoms with van der Waals surface area (Å²) in [6.07, 6.45) is 1.03. The maximum atomic E-state index is 11.8. The van der Waals surface area contributed by atoms with E-state index in [4.69, 9.17) is 16.2 Å². The number of hydrogen-bond donors (Lipinski definition) is 2. The number of nitrogen functional groups attached to an aromatic ring is 1. The van der Waals surface area contributed by atoms with E-state index in [1.807, 2.05) is 0 Å². The Balaban J connectivity index is 2.43. The fraction of sp³-hybridized carbons (Fsp3) is 0.571. The summed E-state index contributed by atoms with van der Waals surface area (Å²) in [5.41, 5.74) is 11.7. The third-order valence-electron chi connectivity index (χ3n) is 4.17. The smallest absolute Gasteiger partial charge is 0.350 e. The minimum Gasteiger partial charge on any atom is -0.465 e. The van der Waals surface area contributed by atoms with Crippen molar-refractivity contribution in [1.29, 1.82) is 0 Å². The number of primary amides is 1. The Morgan fingerprint density at radius 1 is 1.33 bits per heavy atom. The first-order valence-corrected chi connectivity index (χ1v) is 7.73. The number of carbonyl (C=O) groups is 2. The number of esters is 1. The van der Waals surface area contributed by atoms with E-state index >= 15 is 0 Å². The highest BCUT2D eigenvalue weighted by Gasteiger charge is 2.31. The minimum atomic E-state index is -0.611. The molecule has 2 heterocycles. The number of ether oxygens (including phenoxy) is 1. The lowest BCUT2D eigenvalue weighted by Crippen LogP contribution is -2.38. The summed E-state index contributed by atoms with van der Waals surface area (Å²) in [6.45, 7) is 6.05. The highest BCUT2D eigenvalue weighted by atomic mass is 32.1. The minimum absolute atomic E-state index is 0.126. The molecule has 4 N–H and O–H groups in total. The predicted octanol–water partition coefficient (Wildman–Crippen LogP) is 1.70. The zero-order valence-electron chi connectivity index (χ0n) is 12.5. The van der Waals surface area contributed by atoms with Crippen molar-refractivity contribution in [3.8, 4) is 0 Å². The van der Waals surface area contributed by atoms with Gasteiger partial charge in [-0.3, -0.25) is 4.79 Å². The predicted molar refractivity (Wildman–Crippen MR) is 83.7 cm³/mol. The molecule has 1 fully saturated rings. The van der Waals surface area contributed by atoms with Gasteiger partial charge in [-0.15, -0.1) is 11.3 Å². The van der Waals surface area contributed by atoms with Crippen LogP contribution in [0.4, 0.5) is 10.7 Å². The van der Waals surface area contributed by atoms with Gasteiger partial charge in [-0.1, -0.05) is 13.8 Å². The fourth-order valence-electron chi connectivity index (χ4n) is 2.58. The van der Waals surface area contributed by atoms with Crippen molar-refractivity contribution in [2.24, 2.45) is 17.6 Å². The Morgan fingerprint density at radius 3 is 2.52 bits per heavy atom. The molecule has 116 valence electrons.